The first kappa shape index (κ1) is 17.1. The highest BCUT2D eigenvalue weighted by Crippen LogP contribution is 2.39. The molecule has 1 aromatic carbocycles. The number of amides is 1. The van der Waals surface area contributed by atoms with E-state index in [0.29, 0.717) is 6.04 Å². The van der Waals surface area contributed by atoms with Crippen molar-refractivity contribution in [2.75, 3.05) is 0 Å². The molecule has 1 aliphatic carbocycles. The number of nitrogens with two attached hydrogens (primary N) is 1. The number of carbonyl (C=O) groups excluding carboxylic acids is 1. The molecule has 1 saturated carbocycles. The number of primary amides is 1. The van der Waals surface area contributed by atoms with Gasteiger partial charge in [-0.05, 0) is 32.3 Å². The quantitative estimate of drug-likeness (QED) is 0.822. The Morgan fingerprint density at radius 1 is 1.21 bits per heavy atom. The van der Waals surface area contributed by atoms with Gasteiger partial charge in [0.05, 0.1) is 5.69 Å². The number of aryl methyl sites for hydroxylation is 1. The second-order valence-corrected chi connectivity index (χ2v) is 7.61. The summed E-state index contributed by atoms with van der Waals surface area (Å²) in [6.45, 7) is 4.17. The monoisotopic (exact) mass is 343 g/mol. The molecule has 1 fully saturated rings. The molecule has 24 heavy (non-hydrogen) atoms. The van der Waals surface area contributed by atoms with Gasteiger partial charge in [-0.1, -0.05) is 61.4 Å². The molecule has 4 nitrogen and oxygen atoms in total. The number of carbonyl (C=O) groups is 1. The molecule has 1 amide bonds. The van der Waals surface area contributed by atoms with Crippen molar-refractivity contribution in [1.29, 1.82) is 0 Å². The predicted octanol–water partition coefficient (Wildman–Crippen LogP) is 4.32. The molecule has 0 bridgehead atoms. The second kappa shape index (κ2) is 7.43. The van der Waals surface area contributed by atoms with Crippen LogP contribution in [0.4, 0.5) is 0 Å². The van der Waals surface area contributed by atoms with Crippen molar-refractivity contribution >= 4 is 17.7 Å². The van der Waals surface area contributed by atoms with Crippen LogP contribution in [-0.4, -0.2) is 15.5 Å². The maximum absolute atomic E-state index is 12.0. The number of hydrogen-bond donors (Lipinski definition) is 1. The number of imidazole rings is 1. The standard InChI is InChI=1S/C19H25N3OS/c1-13-14(2)22(16-11-7-4-8-12-16)19(21-13)24-17(18(20)23)15-9-5-3-6-10-15/h3,5-6,9-10,16-17H,4,7-8,11-12H2,1-2H3,(H2,20,23). The fourth-order valence-electron chi connectivity index (χ4n) is 3.47. The molecule has 1 heterocycles. The molecule has 2 aromatic rings. The summed E-state index contributed by atoms with van der Waals surface area (Å²) in [6.07, 6.45) is 6.24. The lowest BCUT2D eigenvalue weighted by Crippen LogP contribution is -2.20. The van der Waals surface area contributed by atoms with Gasteiger partial charge in [-0.2, -0.15) is 0 Å². The number of rotatable bonds is 5. The van der Waals surface area contributed by atoms with Crippen LogP contribution in [0.1, 0.15) is 60.3 Å². The number of hydrogen-bond acceptors (Lipinski definition) is 3. The third-order valence-corrected chi connectivity index (χ3v) is 6.12. The van der Waals surface area contributed by atoms with E-state index in [2.05, 4.69) is 11.5 Å². The highest BCUT2D eigenvalue weighted by Gasteiger charge is 2.26. The summed E-state index contributed by atoms with van der Waals surface area (Å²) in [7, 11) is 0. The smallest absolute Gasteiger partial charge is 0.235 e. The third-order valence-electron chi connectivity index (χ3n) is 4.88. The molecule has 0 saturated heterocycles. The van der Waals surface area contributed by atoms with Crippen molar-refractivity contribution in [1.82, 2.24) is 9.55 Å². The van der Waals surface area contributed by atoms with E-state index in [1.165, 1.54) is 49.6 Å². The minimum Gasteiger partial charge on any atom is -0.368 e. The maximum atomic E-state index is 12.0. The Balaban J connectivity index is 1.93. The molecule has 2 N–H and O–H groups in total. The van der Waals surface area contributed by atoms with Crippen molar-refractivity contribution in [3.63, 3.8) is 0 Å². The summed E-state index contributed by atoms with van der Waals surface area (Å²) in [6, 6.07) is 10.2. The molecule has 1 aromatic heterocycles. The molecule has 1 atom stereocenters. The van der Waals surface area contributed by atoms with E-state index in [1.54, 1.807) is 0 Å². The van der Waals surface area contributed by atoms with Crippen molar-refractivity contribution in [3.8, 4) is 0 Å². The summed E-state index contributed by atoms with van der Waals surface area (Å²) in [5, 5.41) is 0.513. The molecule has 3 rings (SSSR count). The van der Waals surface area contributed by atoms with Gasteiger partial charge in [0.15, 0.2) is 5.16 Å². The van der Waals surface area contributed by atoms with Gasteiger partial charge in [-0.15, -0.1) is 0 Å². The zero-order valence-electron chi connectivity index (χ0n) is 14.4. The van der Waals surface area contributed by atoms with Crippen molar-refractivity contribution in [3.05, 3.63) is 47.3 Å². The summed E-state index contributed by atoms with van der Waals surface area (Å²) >= 11 is 1.48. The topological polar surface area (TPSA) is 60.9 Å². The Morgan fingerprint density at radius 2 is 1.88 bits per heavy atom. The molecule has 0 radical (unpaired) electrons. The largest absolute Gasteiger partial charge is 0.368 e. The minimum atomic E-state index is -0.408. The van der Waals surface area contributed by atoms with Crippen LogP contribution >= 0.6 is 11.8 Å². The molecule has 0 aliphatic heterocycles. The van der Waals surface area contributed by atoms with Gasteiger partial charge in [0.25, 0.3) is 0 Å². The van der Waals surface area contributed by atoms with Crippen molar-refractivity contribution < 1.29 is 4.79 Å². The Labute approximate surface area is 147 Å². The van der Waals surface area contributed by atoms with Crippen molar-refractivity contribution in [2.45, 2.75) is 62.4 Å². The molecule has 128 valence electrons. The van der Waals surface area contributed by atoms with Crippen LogP contribution in [0.15, 0.2) is 35.5 Å². The molecule has 5 heteroatoms. The van der Waals surface area contributed by atoms with E-state index in [-0.39, 0.29) is 5.91 Å². The molecular weight excluding hydrogens is 318 g/mol. The van der Waals surface area contributed by atoms with Crippen LogP contribution < -0.4 is 5.73 Å². The van der Waals surface area contributed by atoms with Gasteiger partial charge in [-0.25, -0.2) is 4.98 Å². The number of nitrogens with zero attached hydrogens (tertiary/aromatic N) is 2. The van der Waals surface area contributed by atoms with Crippen LogP contribution in [0.25, 0.3) is 0 Å². The number of thioether (sulfide) groups is 1. The summed E-state index contributed by atoms with van der Waals surface area (Å²) in [5.41, 5.74) is 8.88. The van der Waals surface area contributed by atoms with E-state index < -0.39 is 5.25 Å². The minimum absolute atomic E-state index is 0.320. The first-order chi connectivity index (χ1) is 11.6. The Bertz CT molecular complexity index is 705. The van der Waals surface area contributed by atoms with E-state index in [0.717, 1.165) is 16.4 Å². The Morgan fingerprint density at radius 3 is 2.50 bits per heavy atom. The van der Waals surface area contributed by atoms with E-state index in [1.807, 2.05) is 37.3 Å². The lowest BCUT2D eigenvalue weighted by molar-refractivity contribution is -0.117. The Kier molecular flexibility index (Phi) is 5.29. The predicted molar refractivity (Wildman–Crippen MR) is 98.1 cm³/mol. The number of aromatic nitrogens is 2. The van der Waals surface area contributed by atoms with Gasteiger partial charge in [0.1, 0.15) is 5.25 Å². The Hall–Kier alpha value is -1.75. The normalized spacial score (nSPS) is 16.9. The van der Waals surface area contributed by atoms with Crippen molar-refractivity contribution in [2.24, 2.45) is 5.73 Å². The zero-order chi connectivity index (χ0) is 17.1. The summed E-state index contributed by atoms with van der Waals surface area (Å²) in [4.78, 5) is 16.8. The SMILES string of the molecule is Cc1nc(SC(C(N)=O)c2ccccc2)n(C2CCCCC2)c1C. The van der Waals surface area contributed by atoms with Crippen LogP contribution in [0, 0.1) is 13.8 Å². The van der Waals surface area contributed by atoms with Gasteiger partial charge in [-0.3, -0.25) is 4.79 Å². The summed E-state index contributed by atoms with van der Waals surface area (Å²) in [5.74, 6) is -0.320. The molecule has 0 spiro atoms. The second-order valence-electron chi connectivity index (χ2n) is 6.54. The first-order valence-corrected chi connectivity index (χ1v) is 9.52. The van der Waals surface area contributed by atoms with E-state index in [4.69, 9.17) is 10.7 Å². The van der Waals surface area contributed by atoms with Gasteiger partial charge >= 0.3 is 0 Å². The number of benzene rings is 1. The van der Waals surface area contributed by atoms with Crippen LogP contribution in [0.2, 0.25) is 0 Å². The maximum Gasteiger partial charge on any atom is 0.235 e. The molecule has 1 aliphatic rings. The van der Waals surface area contributed by atoms with Crippen LogP contribution in [0.3, 0.4) is 0 Å². The van der Waals surface area contributed by atoms with Crippen LogP contribution in [-0.2, 0) is 4.79 Å². The average Bonchev–Trinajstić information content (AvgIpc) is 2.88. The third kappa shape index (κ3) is 3.51. The zero-order valence-corrected chi connectivity index (χ0v) is 15.2. The van der Waals surface area contributed by atoms with E-state index >= 15 is 0 Å². The molecular formula is C19H25N3OS. The van der Waals surface area contributed by atoms with Gasteiger partial charge in [0, 0.05) is 11.7 Å². The average molecular weight is 343 g/mol. The lowest BCUT2D eigenvalue weighted by Gasteiger charge is -2.26. The molecule has 1 unspecified atom stereocenters. The first-order valence-electron chi connectivity index (χ1n) is 8.64. The van der Waals surface area contributed by atoms with E-state index in [9.17, 15) is 4.79 Å². The fourth-order valence-corrected chi connectivity index (χ4v) is 4.68. The van der Waals surface area contributed by atoms with Gasteiger partial charge in [0.2, 0.25) is 5.91 Å². The van der Waals surface area contributed by atoms with Gasteiger partial charge < -0.3 is 10.3 Å². The fraction of sp³-hybridized carbons (Fsp3) is 0.474. The highest BCUT2D eigenvalue weighted by molar-refractivity contribution is 8.00. The summed E-state index contributed by atoms with van der Waals surface area (Å²) < 4.78 is 2.35. The highest BCUT2D eigenvalue weighted by atomic mass is 32.2. The lowest BCUT2D eigenvalue weighted by atomic mass is 9.95. The van der Waals surface area contributed by atoms with Crippen LogP contribution in [0.5, 0.6) is 0 Å².